The van der Waals surface area contributed by atoms with Gasteiger partial charge in [-0.15, -0.1) is 0 Å². The van der Waals surface area contributed by atoms with Crippen molar-refractivity contribution in [2.45, 2.75) is 27.7 Å². The molecule has 0 aliphatic carbocycles. The Morgan fingerprint density at radius 1 is 0.762 bits per heavy atom. The van der Waals surface area contributed by atoms with E-state index >= 15 is 0 Å². The van der Waals surface area contributed by atoms with Gasteiger partial charge in [-0.05, 0) is 27.7 Å². The van der Waals surface area contributed by atoms with Crippen LogP contribution in [-0.4, -0.2) is 11.1 Å². The molecule has 0 aromatic carbocycles. The molecule has 0 rings (SSSR count). The van der Waals surface area contributed by atoms with Gasteiger partial charge < -0.3 is 5.11 Å². The summed E-state index contributed by atoms with van der Waals surface area (Å²) in [5, 5.41) is 8.71. The molecule has 0 fully saturated rings. The molecule has 0 saturated heterocycles. The maximum atomic E-state index is 10.6. The zero-order chi connectivity index (χ0) is 16.1. The van der Waals surface area contributed by atoms with Crippen LogP contribution in [-0.2, 0) is 4.79 Å². The predicted molar refractivity (Wildman–Crippen MR) is 91.1 cm³/mol. The number of hydrogen-bond acceptors (Lipinski definition) is 1. The van der Waals surface area contributed by atoms with E-state index < -0.39 is 5.97 Å². The maximum Gasteiger partial charge on any atom is 0.331 e. The van der Waals surface area contributed by atoms with Crippen LogP contribution >= 0.6 is 0 Å². The Balaban J connectivity index is 4.50. The lowest BCUT2D eigenvalue weighted by atomic mass is 10.2. The standard InChI is InChI=1S/C19H24O2/c1-5-6-7-11-16(2)12-8-9-13-17(3)14-10-15-18(4)19(20)21/h5-15H,1-4H3,(H,20,21)/b6-5?,9-8+,11-7+,14-10+,16-12+,17-13+,18-15+. The highest BCUT2D eigenvalue weighted by molar-refractivity contribution is 5.86. The van der Waals surface area contributed by atoms with Crippen molar-refractivity contribution in [3.8, 4) is 0 Å². The molecule has 2 heteroatoms. The highest BCUT2D eigenvalue weighted by Crippen LogP contribution is 2.00. The normalized spacial score (nSPS) is 15.1. The first-order valence-electron chi connectivity index (χ1n) is 6.87. The Labute approximate surface area is 127 Å². The number of carbonyl (C=O) groups is 1. The van der Waals surface area contributed by atoms with E-state index in [4.69, 9.17) is 5.11 Å². The van der Waals surface area contributed by atoms with Crippen molar-refractivity contribution >= 4 is 5.97 Å². The molecule has 0 bridgehead atoms. The number of rotatable bonds is 7. The van der Waals surface area contributed by atoms with Crippen LogP contribution in [0.15, 0.2) is 83.6 Å². The number of aliphatic carboxylic acids is 1. The summed E-state index contributed by atoms with van der Waals surface area (Å²) in [5.74, 6) is -0.896. The van der Waals surface area contributed by atoms with Crippen LogP contribution in [0.5, 0.6) is 0 Å². The Bertz CT molecular complexity index is 536. The molecular weight excluding hydrogens is 260 g/mol. The van der Waals surface area contributed by atoms with Crippen LogP contribution in [0, 0.1) is 0 Å². The Morgan fingerprint density at radius 2 is 1.29 bits per heavy atom. The van der Waals surface area contributed by atoms with E-state index in [0.29, 0.717) is 5.57 Å². The van der Waals surface area contributed by atoms with Gasteiger partial charge in [0.25, 0.3) is 0 Å². The second-order valence-electron chi connectivity index (χ2n) is 4.61. The van der Waals surface area contributed by atoms with E-state index in [1.54, 1.807) is 19.1 Å². The fourth-order valence-electron chi connectivity index (χ4n) is 1.26. The van der Waals surface area contributed by atoms with E-state index in [2.05, 4.69) is 0 Å². The lowest BCUT2D eigenvalue weighted by molar-refractivity contribution is -0.132. The summed E-state index contributed by atoms with van der Waals surface area (Å²) in [5.41, 5.74) is 2.54. The van der Waals surface area contributed by atoms with E-state index in [1.165, 1.54) is 5.57 Å². The molecule has 0 spiro atoms. The van der Waals surface area contributed by atoms with Crippen LogP contribution in [0.25, 0.3) is 0 Å². The molecular formula is C19H24O2. The van der Waals surface area contributed by atoms with Gasteiger partial charge in [-0.2, -0.15) is 0 Å². The smallest absolute Gasteiger partial charge is 0.331 e. The van der Waals surface area contributed by atoms with E-state index in [1.807, 2.05) is 75.5 Å². The van der Waals surface area contributed by atoms with E-state index in [9.17, 15) is 4.79 Å². The summed E-state index contributed by atoms with van der Waals surface area (Å²) in [6.07, 6.45) is 21.2. The monoisotopic (exact) mass is 284 g/mol. The van der Waals surface area contributed by atoms with Crippen molar-refractivity contribution in [1.82, 2.24) is 0 Å². The van der Waals surface area contributed by atoms with Gasteiger partial charge in [0.1, 0.15) is 0 Å². The van der Waals surface area contributed by atoms with Crippen molar-refractivity contribution in [1.29, 1.82) is 0 Å². The van der Waals surface area contributed by atoms with Gasteiger partial charge in [-0.25, -0.2) is 4.79 Å². The number of hydrogen-bond donors (Lipinski definition) is 1. The van der Waals surface area contributed by atoms with Crippen molar-refractivity contribution < 1.29 is 9.90 Å². The zero-order valence-corrected chi connectivity index (χ0v) is 13.2. The molecule has 0 aromatic rings. The molecule has 0 atom stereocenters. The summed E-state index contributed by atoms with van der Waals surface area (Å²) in [7, 11) is 0. The lowest BCUT2D eigenvalue weighted by Gasteiger charge is -1.90. The molecule has 112 valence electrons. The first-order valence-corrected chi connectivity index (χ1v) is 6.87. The van der Waals surface area contributed by atoms with Crippen molar-refractivity contribution in [2.24, 2.45) is 0 Å². The minimum absolute atomic E-state index is 0.320. The lowest BCUT2D eigenvalue weighted by Crippen LogP contribution is -1.94. The quantitative estimate of drug-likeness (QED) is 0.518. The minimum atomic E-state index is -0.896. The van der Waals surface area contributed by atoms with Crippen LogP contribution in [0.3, 0.4) is 0 Å². The number of carboxylic acids is 1. The van der Waals surface area contributed by atoms with Crippen LogP contribution in [0.2, 0.25) is 0 Å². The van der Waals surface area contributed by atoms with Crippen molar-refractivity contribution in [3.05, 3.63) is 83.6 Å². The van der Waals surface area contributed by atoms with E-state index in [0.717, 1.165) is 5.57 Å². The van der Waals surface area contributed by atoms with E-state index in [-0.39, 0.29) is 0 Å². The van der Waals surface area contributed by atoms with Crippen LogP contribution in [0.4, 0.5) is 0 Å². The summed E-state index contributed by atoms with van der Waals surface area (Å²) in [6.45, 7) is 7.56. The first kappa shape index (κ1) is 18.7. The number of carboxylic acid groups (broad SMARTS) is 1. The summed E-state index contributed by atoms with van der Waals surface area (Å²) in [6, 6.07) is 0. The largest absolute Gasteiger partial charge is 0.478 e. The summed E-state index contributed by atoms with van der Waals surface area (Å²) in [4.78, 5) is 10.6. The Morgan fingerprint density at radius 3 is 1.76 bits per heavy atom. The topological polar surface area (TPSA) is 37.3 Å². The Kier molecular flexibility index (Phi) is 10.2. The Hall–Kier alpha value is -2.35. The van der Waals surface area contributed by atoms with Crippen LogP contribution in [0.1, 0.15) is 27.7 Å². The fraction of sp³-hybridized carbons (Fsp3) is 0.211. The molecule has 0 radical (unpaired) electrons. The average Bonchev–Trinajstić information content (AvgIpc) is 2.43. The van der Waals surface area contributed by atoms with Crippen molar-refractivity contribution in [2.75, 3.05) is 0 Å². The van der Waals surface area contributed by atoms with Gasteiger partial charge in [0, 0.05) is 5.57 Å². The maximum absolute atomic E-state index is 10.6. The second-order valence-corrected chi connectivity index (χ2v) is 4.61. The highest BCUT2D eigenvalue weighted by atomic mass is 16.4. The summed E-state index contributed by atoms with van der Waals surface area (Å²) < 4.78 is 0. The van der Waals surface area contributed by atoms with Gasteiger partial charge in [0.15, 0.2) is 0 Å². The first-order chi connectivity index (χ1) is 9.97. The molecule has 2 nitrogen and oxygen atoms in total. The molecule has 1 N–H and O–H groups in total. The second kappa shape index (κ2) is 11.5. The van der Waals surface area contributed by atoms with Crippen molar-refractivity contribution in [3.63, 3.8) is 0 Å². The summed E-state index contributed by atoms with van der Waals surface area (Å²) >= 11 is 0. The third kappa shape index (κ3) is 11.2. The zero-order valence-electron chi connectivity index (χ0n) is 13.2. The van der Waals surface area contributed by atoms with Gasteiger partial charge in [-0.1, -0.05) is 78.0 Å². The van der Waals surface area contributed by atoms with Gasteiger partial charge >= 0.3 is 5.97 Å². The van der Waals surface area contributed by atoms with Gasteiger partial charge in [0.05, 0.1) is 0 Å². The average molecular weight is 284 g/mol. The molecule has 0 aliphatic rings. The van der Waals surface area contributed by atoms with Crippen LogP contribution < -0.4 is 0 Å². The SMILES string of the molecule is CC=C/C=C/C(C)=C/C=C/C=C(C)/C=C/C=C(\C)C(=O)O. The molecule has 0 unspecified atom stereocenters. The number of allylic oxidation sites excluding steroid dienone is 13. The molecule has 0 aromatic heterocycles. The van der Waals surface area contributed by atoms with Gasteiger partial charge in [0.2, 0.25) is 0 Å². The molecule has 21 heavy (non-hydrogen) atoms. The molecule has 0 heterocycles. The molecule has 0 amide bonds. The minimum Gasteiger partial charge on any atom is -0.478 e. The molecule has 0 saturated carbocycles. The molecule has 0 aliphatic heterocycles. The predicted octanol–water partition coefficient (Wildman–Crippen LogP) is 5.15. The van der Waals surface area contributed by atoms with Gasteiger partial charge in [-0.3, -0.25) is 0 Å². The third-order valence-corrected chi connectivity index (χ3v) is 2.53. The fourth-order valence-corrected chi connectivity index (χ4v) is 1.26. The highest BCUT2D eigenvalue weighted by Gasteiger charge is 1.95. The third-order valence-electron chi connectivity index (χ3n) is 2.53.